The summed E-state index contributed by atoms with van der Waals surface area (Å²) in [5, 5.41) is 7.46. The molecule has 1 N–H and O–H groups in total. The predicted molar refractivity (Wildman–Crippen MR) is 102 cm³/mol. The van der Waals surface area contributed by atoms with E-state index in [1.54, 1.807) is 16.7 Å². The highest BCUT2D eigenvalue weighted by Crippen LogP contribution is 2.14. The number of carbonyl (C=O) groups is 1. The molecule has 2 rings (SSSR count). The van der Waals surface area contributed by atoms with Crippen LogP contribution < -0.4 is 5.32 Å². The largest absolute Gasteiger partial charge is 0.324 e. The van der Waals surface area contributed by atoms with Gasteiger partial charge in [0, 0.05) is 30.2 Å². The van der Waals surface area contributed by atoms with Crippen LogP contribution in [0.15, 0.2) is 30.3 Å². The monoisotopic (exact) mass is 346 g/mol. The van der Waals surface area contributed by atoms with Gasteiger partial charge in [0.25, 0.3) is 0 Å². The molecule has 0 aliphatic heterocycles. The highest BCUT2D eigenvalue weighted by molar-refractivity contribution is 7.98. The van der Waals surface area contributed by atoms with Crippen molar-refractivity contribution >= 4 is 23.5 Å². The molecule has 0 fully saturated rings. The third kappa shape index (κ3) is 4.77. The molecule has 1 atom stereocenters. The van der Waals surface area contributed by atoms with Gasteiger partial charge in [-0.25, -0.2) is 4.79 Å². The second-order valence-corrected chi connectivity index (χ2v) is 7.04. The summed E-state index contributed by atoms with van der Waals surface area (Å²) in [7, 11) is 1.83. The number of hydrogen-bond acceptors (Lipinski definition) is 3. The third-order valence-electron chi connectivity index (χ3n) is 4.00. The molecule has 5 nitrogen and oxygen atoms in total. The summed E-state index contributed by atoms with van der Waals surface area (Å²) in [5.74, 6) is 0.919. The summed E-state index contributed by atoms with van der Waals surface area (Å²) >= 11 is 1.74. The molecular formula is C18H26N4OS. The summed E-state index contributed by atoms with van der Waals surface area (Å²) in [5.41, 5.74) is 4.06. The van der Waals surface area contributed by atoms with Gasteiger partial charge in [-0.3, -0.25) is 4.68 Å². The standard InChI is InChI=1S/C18H26N4OS/c1-13-9-14(2)22(20-13)11-16-7-6-8-17(10-16)19-18(23)21(4)15(3)12-24-5/h6-10,15H,11-12H2,1-5H3,(H,19,23)/t15-/m0/s1. The lowest BCUT2D eigenvalue weighted by Crippen LogP contribution is -2.39. The SMILES string of the molecule is CSC[C@H](C)N(C)C(=O)Nc1cccc(Cn2nc(C)cc2C)c1. The van der Waals surface area contributed by atoms with E-state index in [1.165, 1.54) is 0 Å². The maximum Gasteiger partial charge on any atom is 0.321 e. The number of rotatable bonds is 6. The average Bonchev–Trinajstić information content (AvgIpc) is 2.84. The van der Waals surface area contributed by atoms with Gasteiger partial charge in [-0.2, -0.15) is 16.9 Å². The Bertz CT molecular complexity index is 698. The number of hydrogen-bond donors (Lipinski definition) is 1. The molecular weight excluding hydrogens is 320 g/mol. The van der Waals surface area contributed by atoms with Crippen molar-refractivity contribution < 1.29 is 4.79 Å². The molecule has 0 saturated carbocycles. The lowest BCUT2D eigenvalue weighted by Gasteiger charge is -2.24. The molecule has 2 aromatic rings. The fourth-order valence-electron chi connectivity index (χ4n) is 2.52. The quantitative estimate of drug-likeness (QED) is 0.866. The molecule has 6 heteroatoms. The van der Waals surface area contributed by atoms with Gasteiger partial charge in [-0.1, -0.05) is 12.1 Å². The van der Waals surface area contributed by atoms with Gasteiger partial charge in [0.1, 0.15) is 0 Å². The fourth-order valence-corrected chi connectivity index (χ4v) is 3.23. The Hall–Kier alpha value is -1.95. The molecule has 1 aromatic heterocycles. The molecule has 1 heterocycles. The van der Waals surface area contributed by atoms with Gasteiger partial charge >= 0.3 is 6.03 Å². The maximum atomic E-state index is 12.3. The first-order valence-electron chi connectivity index (χ1n) is 8.03. The van der Waals surface area contributed by atoms with Crippen LogP contribution in [0.4, 0.5) is 10.5 Å². The fraction of sp³-hybridized carbons (Fsp3) is 0.444. The van der Waals surface area contributed by atoms with E-state index in [4.69, 9.17) is 0 Å². The molecule has 0 unspecified atom stereocenters. The van der Waals surface area contributed by atoms with Gasteiger partial charge in [-0.15, -0.1) is 0 Å². The summed E-state index contributed by atoms with van der Waals surface area (Å²) < 4.78 is 1.98. The van der Waals surface area contributed by atoms with Crippen LogP contribution in [0.3, 0.4) is 0 Å². The van der Waals surface area contributed by atoms with Crippen LogP contribution in [0.1, 0.15) is 23.9 Å². The molecule has 2 amide bonds. The van der Waals surface area contributed by atoms with Crippen LogP contribution in [0.5, 0.6) is 0 Å². The van der Waals surface area contributed by atoms with E-state index in [0.717, 1.165) is 28.4 Å². The van der Waals surface area contributed by atoms with Gasteiger partial charge in [0.05, 0.1) is 12.2 Å². The van der Waals surface area contributed by atoms with Crippen LogP contribution >= 0.6 is 11.8 Å². The molecule has 130 valence electrons. The number of amides is 2. The maximum absolute atomic E-state index is 12.3. The number of aromatic nitrogens is 2. The molecule has 1 aromatic carbocycles. The molecule has 0 radical (unpaired) electrons. The number of aryl methyl sites for hydroxylation is 2. The number of benzene rings is 1. The van der Waals surface area contributed by atoms with Gasteiger partial charge in [-0.05, 0) is 50.8 Å². The van der Waals surface area contributed by atoms with E-state index >= 15 is 0 Å². The Labute approximate surface area is 148 Å². The lowest BCUT2D eigenvalue weighted by atomic mass is 10.2. The zero-order valence-electron chi connectivity index (χ0n) is 15.0. The minimum Gasteiger partial charge on any atom is -0.324 e. The number of urea groups is 1. The van der Waals surface area contributed by atoms with Crippen molar-refractivity contribution in [2.24, 2.45) is 0 Å². The van der Waals surface area contributed by atoms with Crippen molar-refractivity contribution in [3.63, 3.8) is 0 Å². The van der Waals surface area contributed by atoms with Gasteiger partial charge in [0.15, 0.2) is 0 Å². The van der Waals surface area contributed by atoms with Gasteiger partial charge in [0.2, 0.25) is 0 Å². The minimum absolute atomic E-state index is 0.0835. The lowest BCUT2D eigenvalue weighted by molar-refractivity contribution is 0.212. The van der Waals surface area contributed by atoms with Crippen molar-refractivity contribution in [1.82, 2.24) is 14.7 Å². The van der Waals surface area contributed by atoms with E-state index in [9.17, 15) is 4.79 Å². The third-order valence-corrected chi connectivity index (χ3v) is 4.82. The Kier molecular flexibility index (Phi) is 6.31. The number of nitrogens with zero attached hydrogens (tertiary/aromatic N) is 3. The summed E-state index contributed by atoms with van der Waals surface area (Å²) in [4.78, 5) is 14.1. The van der Waals surface area contributed by atoms with Crippen LogP contribution in [0.25, 0.3) is 0 Å². The predicted octanol–water partition coefficient (Wildman–Crippen LogP) is 3.76. The van der Waals surface area contributed by atoms with Crippen molar-refractivity contribution in [2.45, 2.75) is 33.4 Å². The van der Waals surface area contributed by atoms with Crippen molar-refractivity contribution in [2.75, 3.05) is 24.4 Å². The number of thioether (sulfide) groups is 1. The Balaban J connectivity index is 2.05. The first kappa shape index (κ1) is 18.4. The highest BCUT2D eigenvalue weighted by atomic mass is 32.2. The minimum atomic E-state index is -0.0835. The summed E-state index contributed by atoms with van der Waals surface area (Å²) in [6.45, 7) is 6.79. The van der Waals surface area contributed by atoms with E-state index in [1.807, 2.05) is 56.1 Å². The highest BCUT2D eigenvalue weighted by Gasteiger charge is 2.15. The Morgan fingerprint density at radius 1 is 1.38 bits per heavy atom. The van der Waals surface area contributed by atoms with E-state index in [2.05, 4.69) is 23.4 Å². The van der Waals surface area contributed by atoms with Crippen LogP contribution in [-0.4, -0.2) is 45.8 Å². The summed E-state index contributed by atoms with van der Waals surface area (Å²) in [6, 6.07) is 10.1. The zero-order chi connectivity index (χ0) is 17.7. The molecule has 0 saturated heterocycles. The van der Waals surface area contributed by atoms with E-state index in [0.29, 0.717) is 6.54 Å². The van der Waals surface area contributed by atoms with Crippen LogP contribution in [0, 0.1) is 13.8 Å². The second kappa shape index (κ2) is 8.24. The summed E-state index contributed by atoms with van der Waals surface area (Å²) in [6.07, 6.45) is 2.05. The topological polar surface area (TPSA) is 50.2 Å². The molecule has 0 aliphatic carbocycles. The van der Waals surface area contributed by atoms with E-state index in [-0.39, 0.29) is 12.1 Å². The first-order chi connectivity index (χ1) is 11.4. The van der Waals surface area contributed by atoms with Crippen molar-refractivity contribution in [3.05, 3.63) is 47.3 Å². The molecule has 0 spiro atoms. The van der Waals surface area contributed by atoms with E-state index < -0.39 is 0 Å². The molecule has 0 bridgehead atoms. The van der Waals surface area contributed by atoms with Crippen LogP contribution in [-0.2, 0) is 6.54 Å². The average molecular weight is 347 g/mol. The molecule has 0 aliphatic rings. The Morgan fingerprint density at radius 3 is 2.75 bits per heavy atom. The van der Waals surface area contributed by atoms with Crippen LogP contribution in [0.2, 0.25) is 0 Å². The normalized spacial score (nSPS) is 12.0. The molecule has 24 heavy (non-hydrogen) atoms. The Morgan fingerprint density at radius 2 is 2.12 bits per heavy atom. The zero-order valence-corrected chi connectivity index (χ0v) is 15.9. The smallest absolute Gasteiger partial charge is 0.321 e. The van der Waals surface area contributed by atoms with Gasteiger partial charge < -0.3 is 10.2 Å². The number of carbonyl (C=O) groups excluding carboxylic acids is 1. The van der Waals surface area contributed by atoms with Crippen molar-refractivity contribution in [1.29, 1.82) is 0 Å². The van der Waals surface area contributed by atoms with Crippen molar-refractivity contribution in [3.8, 4) is 0 Å². The number of anilines is 1. The first-order valence-corrected chi connectivity index (χ1v) is 9.43. The number of nitrogens with one attached hydrogen (secondary N) is 1. The second-order valence-electron chi connectivity index (χ2n) is 6.13.